The van der Waals surface area contributed by atoms with Gasteiger partial charge in [-0.2, -0.15) is 0 Å². The molecule has 47 heavy (non-hydrogen) atoms. The molecule has 3 fully saturated rings. The molecule has 0 spiro atoms. The highest BCUT2D eigenvalue weighted by Crippen LogP contribution is 2.67. The van der Waals surface area contributed by atoms with Gasteiger partial charge in [-0.1, -0.05) is 65.5 Å². The van der Waals surface area contributed by atoms with E-state index in [9.17, 15) is 14.4 Å². The molecule has 0 unspecified atom stereocenters. The summed E-state index contributed by atoms with van der Waals surface area (Å²) >= 11 is 0. The third kappa shape index (κ3) is 7.90. The third-order valence-electron chi connectivity index (χ3n) is 13.0. The van der Waals surface area contributed by atoms with Gasteiger partial charge in [-0.15, -0.1) is 12.4 Å². The summed E-state index contributed by atoms with van der Waals surface area (Å²) in [6.07, 6.45) is 15.8. The molecule has 0 aliphatic heterocycles. The molecule has 4 aliphatic carbocycles. The number of carbonyl (C=O) groups excluding carboxylic acids is 1. The number of anilines is 2. The number of amides is 1. The fourth-order valence-corrected chi connectivity index (χ4v) is 10.4. The van der Waals surface area contributed by atoms with Crippen molar-refractivity contribution < 1.29 is 9.53 Å². The molecule has 0 aromatic heterocycles. The van der Waals surface area contributed by atoms with E-state index < -0.39 is 17.0 Å². The summed E-state index contributed by atoms with van der Waals surface area (Å²) in [6.45, 7) is 14.4. The van der Waals surface area contributed by atoms with Crippen molar-refractivity contribution in [3.05, 3.63) is 32.1 Å². The van der Waals surface area contributed by atoms with Crippen LogP contribution < -0.4 is 26.8 Å². The number of allylic oxidation sites excluding steroid dienone is 1. The highest BCUT2D eigenvalue weighted by atomic mass is 35.5. The average molecular weight is 675 g/mol. The topological polar surface area (TPSA) is 99.8 Å². The molecule has 3 saturated carbocycles. The van der Waals surface area contributed by atoms with Crippen LogP contribution in [0.25, 0.3) is 0 Å². The van der Waals surface area contributed by atoms with Gasteiger partial charge in [0.2, 0.25) is 0 Å². The van der Waals surface area contributed by atoms with E-state index in [1.807, 2.05) is 19.0 Å². The number of ether oxygens (including phenoxy) is 1. The van der Waals surface area contributed by atoms with E-state index in [1.165, 1.54) is 56.9 Å². The van der Waals surface area contributed by atoms with E-state index in [0.29, 0.717) is 36.4 Å². The number of nitrogens with zero attached hydrogens (tertiary/aromatic N) is 1. The van der Waals surface area contributed by atoms with Crippen LogP contribution in [0.5, 0.6) is 0 Å². The van der Waals surface area contributed by atoms with Crippen molar-refractivity contribution in [3.63, 3.8) is 0 Å². The number of rotatable bonds is 14. The monoisotopic (exact) mass is 674 g/mol. The first kappa shape index (κ1) is 37.8. The molecule has 8 nitrogen and oxygen atoms in total. The molecule has 0 bridgehead atoms. The Morgan fingerprint density at radius 3 is 2.32 bits per heavy atom. The van der Waals surface area contributed by atoms with Gasteiger partial charge in [-0.05, 0) is 105 Å². The second-order valence-electron chi connectivity index (χ2n) is 16.6. The molecule has 1 amide bonds. The van der Waals surface area contributed by atoms with Gasteiger partial charge in [0.1, 0.15) is 17.5 Å². The molecule has 8 atom stereocenters. The van der Waals surface area contributed by atoms with Crippen molar-refractivity contribution in [3.8, 4) is 0 Å². The summed E-state index contributed by atoms with van der Waals surface area (Å²) in [5.41, 5.74) is 1.89. The molecule has 1 aromatic carbocycles. The van der Waals surface area contributed by atoms with Gasteiger partial charge in [-0.3, -0.25) is 9.59 Å². The number of halogens is 1. The Kier molecular flexibility index (Phi) is 12.6. The van der Waals surface area contributed by atoms with Crippen molar-refractivity contribution in [1.82, 2.24) is 10.2 Å². The number of hydrogen-bond acceptors (Lipinski definition) is 7. The van der Waals surface area contributed by atoms with Crippen LogP contribution in [0.1, 0.15) is 105 Å². The zero-order valence-corrected chi connectivity index (χ0v) is 31.0. The zero-order valence-electron chi connectivity index (χ0n) is 30.2. The van der Waals surface area contributed by atoms with Crippen molar-refractivity contribution in [2.75, 3.05) is 50.9 Å². The van der Waals surface area contributed by atoms with Crippen LogP contribution >= 0.6 is 12.4 Å². The molecule has 266 valence electrons. The van der Waals surface area contributed by atoms with Crippen molar-refractivity contribution >= 4 is 29.9 Å². The minimum atomic E-state index is -0.509. The minimum Gasteiger partial charge on any atom is -0.446 e. The molecular weight excluding hydrogens is 612 g/mol. The maximum atomic E-state index is 12.7. The van der Waals surface area contributed by atoms with Crippen LogP contribution in [0.3, 0.4) is 0 Å². The smallest absolute Gasteiger partial charge is 0.407 e. The second kappa shape index (κ2) is 15.7. The Morgan fingerprint density at radius 1 is 0.936 bits per heavy atom. The van der Waals surface area contributed by atoms with Gasteiger partial charge >= 0.3 is 6.09 Å². The number of carbonyl (C=O) groups is 1. The summed E-state index contributed by atoms with van der Waals surface area (Å²) in [6, 6.07) is 0. The van der Waals surface area contributed by atoms with Gasteiger partial charge in [0.25, 0.3) is 10.9 Å². The number of likely N-dealkylation sites (N-methyl/N-ethyl adjacent to an activating group) is 1. The quantitative estimate of drug-likeness (QED) is 0.109. The van der Waals surface area contributed by atoms with Gasteiger partial charge in [0.05, 0.1) is 0 Å². The summed E-state index contributed by atoms with van der Waals surface area (Å²) in [5.74, 6) is 4.91. The zero-order chi connectivity index (χ0) is 33.2. The Hall–Kier alpha value is -2.06. The first-order valence-corrected chi connectivity index (χ1v) is 18.4. The fraction of sp³-hybridized carbons (Fsp3) is 0.816. The minimum absolute atomic E-state index is 0. The maximum absolute atomic E-state index is 12.7. The third-order valence-corrected chi connectivity index (χ3v) is 13.0. The molecule has 1 aromatic rings. The maximum Gasteiger partial charge on any atom is 0.407 e. The largest absolute Gasteiger partial charge is 0.446 e. The van der Waals surface area contributed by atoms with Crippen LogP contribution in [-0.4, -0.2) is 57.4 Å². The normalized spacial score (nSPS) is 32.1. The van der Waals surface area contributed by atoms with Crippen LogP contribution in [0.15, 0.2) is 21.2 Å². The summed E-state index contributed by atoms with van der Waals surface area (Å²) in [5, 5.41) is 8.88. The molecular formula is C38H63ClN4O4. The fourth-order valence-electron chi connectivity index (χ4n) is 10.4. The van der Waals surface area contributed by atoms with Crippen LogP contribution in [0, 0.1) is 46.3 Å². The first-order valence-electron chi connectivity index (χ1n) is 18.4. The Labute approximate surface area is 289 Å². The molecule has 0 saturated heterocycles. The molecule has 0 radical (unpaired) electrons. The molecule has 9 heteroatoms. The lowest BCUT2D eigenvalue weighted by molar-refractivity contribution is -0.0581. The predicted octanol–water partition coefficient (Wildman–Crippen LogP) is 7.23. The second-order valence-corrected chi connectivity index (χ2v) is 16.6. The molecule has 3 N–H and O–H groups in total. The Morgan fingerprint density at radius 2 is 1.64 bits per heavy atom. The summed E-state index contributed by atoms with van der Waals surface area (Å²) in [7, 11) is 3.90. The SMILES string of the molecule is CC(C)CCC[C@@H](C)[C@H]1CC[C@H]2[C@@H]3CC=C4C[C@@H](OC(=O)NCCNc5c(NCCN(C)C)c(=O)c5=O)CC[C@]4(C)[C@H]3CC[C@]12C.Cl. The number of alkyl carbamates (subject to hydrolysis) is 1. The number of nitrogens with one attached hydrogen (secondary N) is 3. The highest BCUT2D eigenvalue weighted by Gasteiger charge is 2.59. The van der Waals surface area contributed by atoms with Crippen molar-refractivity contribution in [2.45, 2.75) is 111 Å². The lowest BCUT2D eigenvalue weighted by Crippen LogP contribution is -2.51. The summed E-state index contributed by atoms with van der Waals surface area (Å²) < 4.78 is 5.91. The van der Waals surface area contributed by atoms with Crippen molar-refractivity contribution in [2.24, 2.45) is 46.3 Å². The van der Waals surface area contributed by atoms with E-state index in [1.54, 1.807) is 0 Å². The first-order chi connectivity index (χ1) is 21.8. The predicted molar refractivity (Wildman–Crippen MR) is 195 cm³/mol. The van der Waals surface area contributed by atoms with Crippen molar-refractivity contribution in [1.29, 1.82) is 0 Å². The van der Waals surface area contributed by atoms with E-state index in [-0.39, 0.29) is 23.9 Å². The summed E-state index contributed by atoms with van der Waals surface area (Å²) in [4.78, 5) is 38.7. The number of fused-ring (bicyclic) bond motifs is 5. The van der Waals surface area contributed by atoms with E-state index in [4.69, 9.17) is 4.74 Å². The van der Waals surface area contributed by atoms with Gasteiger partial charge in [0.15, 0.2) is 0 Å². The lowest BCUT2D eigenvalue weighted by Gasteiger charge is -2.58. The molecule has 5 rings (SSSR count). The standard InChI is InChI=1S/C38H62N4O4.ClH/c1-24(2)9-8-10-25(3)29-13-14-30-28-12-11-26-23-27(15-17-37(26,4)31(28)16-18-38(29,30)5)46-36(45)41-20-19-39-32-33(35(44)34(32)43)40-21-22-42(6)7;/h11,24-25,27-31,39-40H,8-10,12-23H2,1-7H3,(H,41,45);1H/t25-,27+,28+,29-,30+,31+,37+,38-;/m1./s1. The molecule has 0 heterocycles. The number of hydrogen-bond donors (Lipinski definition) is 3. The average Bonchev–Trinajstić information content (AvgIpc) is 3.36. The van der Waals surface area contributed by atoms with Crippen LogP contribution in [-0.2, 0) is 4.74 Å². The van der Waals surface area contributed by atoms with E-state index in [2.05, 4.69) is 56.6 Å². The van der Waals surface area contributed by atoms with E-state index >= 15 is 0 Å². The Balaban J connectivity index is 0.00000500. The van der Waals surface area contributed by atoms with Crippen LogP contribution in [0.4, 0.5) is 16.2 Å². The van der Waals surface area contributed by atoms with E-state index in [0.717, 1.165) is 61.3 Å². The Bertz CT molecular complexity index is 1320. The lowest BCUT2D eigenvalue weighted by atomic mass is 9.47. The molecule has 4 aliphatic rings. The van der Waals surface area contributed by atoms with Gasteiger partial charge in [-0.25, -0.2) is 4.79 Å². The van der Waals surface area contributed by atoms with Gasteiger partial charge < -0.3 is 25.6 Å². The van der Waals surface area contributed by atoms with Gasteiger partial charge in [0, 0.05) is 32.6 Å². The van der Waals surface area contributed by atoms with Crippen LogP contribution in [0.2, 0.25) is 0 Å². The highest BCUT2D eigenvalue weighted by molar-refractivity contribution is 5.85.